The lowest BCUT2D eigenvalue weighted by Gasteiger charge is -1.99. The van der Waals surface area contributed by atoms with Crippen LogP contribution in [0.5, 0.6) is 0 Å². The molecule has 1 aromatic carbocycles. The van der Waals surface area contributed by atoms with Crippen LogP contribution in [0.3, 0.4) is 0 Å². The number of Topliss-reactive ketones (excluding diaryl/α,β-unsaturated/α-hetero) is 1. The molecule has 2 rings (SSSR count). The van der Waals surface area contributed by atoms with Crippen molar-refractivity contribution in [2.24, 2.45) is 5.16 Å². The number of carbonyl (C=O) groups excluding carboxylic acids is 2. The molecule has 104 valence electrons. The molecule has 8 heteroatoms. The number of aromatic nitrogens is 1. The van der Waals surface area contributed by atoms with Crippen LogP contribution in [0, 0.1) is 0 Å². The average molecular weight is 329 g/mol. The molecule has 0 amide bonds. The number of thioether (sulfide) groups is 1. The lowest BCUT2D eigenvalue weighted by Crippen LogP contribution is -2.23. The Hall–Kier alpha value is -1.44. The smallest absolute Gasteiger partial charge is 0.251 e. The summed E-state index contributed by atoms with van der Waals surface area (Å²) in [4.78, 5) is 32.3. The fraction of sp³-hybridized carbons (Fsp3) is 0.167. The number of alkyl halides is 1. The van der Waals surface area contributed by atoms with Crippen molar-refractivity contribution in [2.75, 3.05) is 13.0 Å². The van der Waals surface area contributed by atoms with Crippen LogP contribution in [0.4, 0.5) is 0 Å². The molecule has 0 saturated heterocycles. The topological polar surface area (TPSA) is 68.6 Å². The highest BCUT2D eigenvalue weighted by atomic mass is 35.5. The van der Waals surface area contributed by atoms with E-state index >= 15 is 0 Å². The van der Waals surface area contributed by atoms with Crippen LogP contribution in [0.15, 0.2) is 33.8 Å². The van der Waals surface area contributed by atoms with Crippen LogP contribution in [0.2, 0.25) is 0 Å². The van der Waals surface area contributed by atoms with Crippen molar-refractivity contribution in [3.63, 3.8) is 0 Å². The zero-order valence-corrected chi connectivity index (χ0v) is 12.7. The van der Waals surface area contributed by atoms with E-state index in [4.69, 9.17) is 11.6 Å². The van der Waals surface area contributed by atoms with E-state index in [0.29, 0.717) is 4.34 Å². The number of rotatable bonds is 5. The van der Waals surface area contributed by atoms with Gasteiger partial charge < -0.3 is 4.84 Å². The highest BCUT2D eigenvalue weighted by Crippen LogP contribution is 2.30. The number of halogens is 1. The van der Waals surface area contributed by atoms with Gasteiger partial charge in [0.05, 0.1) is 16.1 Å². The molecule has 1 heterocycles. The van der Waals surface area contributed by atoms with Crippen LogP contribution in [0.1, 0.15) is 0 Å². The fourth-order valence-electron chi connectivity index (χ4n) is 1.38. The number of nitrogens with zero attached hydrogens (tertiary/aromatic N) is 2. The van der Waals surface area contributed by atoms with Crippen molar-refractivity contribution in [3.05, 3.63) is 24.3 Å². The molecule has 0 aliphatic carbocycles. The summed E-state index contributed by atoms with van der Waals surface area (Å²) >= 11 is 7.64. The Morgan fingerprint density at radius 1 is 1.45 bits per heavy atom. The first-order valence-electron chi connectivity index (χ1n) is 5.43. The van der Waals surface area contributed by atoms with Gasteiger partial charge in [-0.05, 0) is 23.9 Å². The van der Waals surface area contributed by atoms with Gasteiger partial charge in [0.2, 0.25) is 11.5 Å². The second-order valence-electron chi connectivity index (χ2n) is 3.52. The van der Waals surface area contributed by atoms with E-state index in [1.165, 1.54) is 18.4 Å². The standard InChI is InChI=1S/C12H9ClN2O3S2/c1-18-15-10(8(16)6-13)11(17)20-12-14-7-4-2-3-5-9(7)19-12/h2-5H,6H2,1H3/b15-10-. The minimum absolute atomic E-state index is 0.313. The summed E-state index contributed by atoms with van der Waals surface area (Å²) in [6.07, 6.45) is 0. The quantitative estimate of drug-likeness (QED) is 0.277. The number of carbonyl (C=O) groups is 2. The Morgan fingerprint density at radius 2 is 2.20 bits per heavy atom. The van der Waals surface area contributed by atoms with Gasteiger partial charge in [-0.3, -0.25) is 9.59 Å². The summed E-state index contributed by atoms with van der Waals surface area (Å²) < 4.78 is 1.51. The second kappa shape index (κ2) is 6.83. The number of benzene rings is 1. The van der Waals surface area contributed by atoms with Gasteiger partial charge >= 0.3 is 0 Å². The van der Waals surface area contributed by atoms with Crippen LogP contribution < -0.4 is 0 Å². The molecule has 0 fully saturated rings. The van der Waals surface area contributed by atoms with Gasteiger partial charge in [0.1, 0.15) is 7.11 Å². The Labute approximate surface area is 128 Å². The molecule has 0 saturated carbocycles. The second-order valence-corrected chi connectivity index (χ2v) is 6.03. The molecule has 0 radical (unpaired) electrons. The zero-order valence-electron chi connectivity index (χ0n) is 10.3. The van der Waals surface area contributed by atoms with Gasteiger partial charge in [0.25, 0.3) is 5.12 Å². The minimum atomic E-state index is -0.577. The Balaban J connectivity index is 2.21. The first-order valence-corrected chi connectivity index (χ1v) is 7.60. The van der Waals surface area contributed by atoms with E-state index in [-0.39, 0.29) is 11.6 Å². The van der Waals surface area contributed by atoms with E-state index in [1.54, 1.807) is 0 Å². The van der Waals surface area contributed by atoms with Crippen LogP contribution in [-0.2, 0) is 14.4 Å². The summed E-state index contributed by atoms with van der Waals surface area (Å²) in [5.41, 5.74) is 0.494. The molecule has 0 N–H and O–H groups in total. The van der Waals surface area contributed by atoms with E-state index in [2.05, 4.69) is 15.0 Å². The van der Waals surface area contributed by atoms with Crippen molar-refractivity contribution in [1.82, 2.24) is 4.98 Å². The number of fused-ring (bicyclic) bond motifs is 1. The maximum Gasteiger partial charge on any atom is 0.251 e. The molecular formula is C12H9ClN2O3S2. The maximum absolute atomic E-state index is 12.0. The predicted molar refractivity (Wildman–Crippen MR) is 80.7 cm³/mol. The average Bonchev–Trinajstić information content (AvgIpc) is 2.85. The van der Waals surface area contributed by atoms with E-state index in [1.807, 2.05) is 24.3 Å². The molecular weight excluding hydrogens is 320 g/mol. The third-order valence-corrected chi connectivity index (χ3v) is 4.43. The van der Waals surface area contributed by atoms with Crippen molar-refractivity contribution in [1.29, 1.82) is 0 Å². The lowest BCUT2D eigenvalue weighted by atomic mass is 10.3. The lowest BCUT2D eigenvalue weighted by molar-refractivity contribution is -0.112. The molecule has 1 aromatic heterocycles. The van der Waals surface area contributed by atoms with Gasteiger partial charge in [-0.2, -0.15) is 0 Å². The molecule has 20 heavy (non-hydrogen) atoms. The maximum atomic E-state index is 12.0. The molecule has 0 bridgehead atoms. The third kappa shape index (κ3) is 3.36. The number of thiazole rings is 1. The number of hydrogen-bond donors (Lipinski definition) is 0. The van der Waals surface area contributed by atoms with E-state index < -0.39 is 10.9 Å². The Kier molecular flexibility index (Phi) is 5.11. The summed E-state index contributed by atoms with van der Waals surface area (Å²) in [6, 6.07) is 7.53. The molecule has 2 aromatic rings. The van der Waals surface area contributed by atoms with Gasteiger partial charge in [-0.1, -0.05) is 17.3 Å². The van der Waals surface area contributed by atoms with Gasteiger partial charge in [-0.15, -0.1) is 22.9 Å². The van der Waals surface area contributed by atoms with Crippen LogP contribution in [-0.4, -0.2) is 34.6 Å². The van der Waals surface area contributed by atoms with Crippen molar-refractivity contribution >= 4 is 61.5 Å². The number of ketones is 1. The monoisotopic (exact) mass is 328 g/mol. The highest BCUT2D eigenvalue weighted by molar-refractivity contribution is 8.17. The van der Waals surface area contributed by atoms with Crippen molar-refractivity contribution in [2.45, 2.75) is 4.34 Å². The predicted octanol–water partition coefficient (Wildman–Crippen LogP) is 2.73. The molecule has 0 atom stereocenters. The minimum Gasteiger partial charge on any atom is -0.398 e. The summed E-state index contributed by atoms with van der Waals surface area (Å²) in [7, 11) is 1.26. The van der Waals surface area contributed by atoms with E-state index in [9.17, 15) is 9.59 Å². The largest absolute Gasteiger partial charge is 0.398 e. The Bertz CT molecular complexity index is 651. The molecule has 0 aliphatic rings. The number of para-hydroxylation sites is 1. The summed E-state index contributed by atoms with van der Waals surface area (Å²) in [5.74, 6) is -0.902. The van der Waals surface area contributed by atoms with Crippen molar-refractivity contribution in [3.8, 4) is 0 Å². The zero-order chi connectivity index (χ0) is 14.5. The summed E-state index contributed by atoms with van der Waals surface area (Å²) in [6.45, 7) is 0. The van der Waals surface area contributed by atoms with E-state index in [0.717, 1.165) is 22.0 Å². The van der Waals surface area contributed by atoms with Crippen LogP contribution in [0.25, 0.3) is 10.2 Å². The first-order chi connectivity index (χ1) is 9.65. The molecule has 0 aliphatic heterocycles. The molecule has 0 unspecified atom stereocenters. The third-order valence-electron chi connectivity index (χ3n) is 2.22. The van der Waals surface area contributed by atoms with Crippen molar-refractivity contribution < 1.29 is 14.4 Å². The summed E-state index contributed by atoms with van der Waals surface area (Å²) in [5, 5.41) is 2.90. The van der Waals surface area contributed by atoms with Crippen LogP contribution >= 0.6 is 34.7 Å². The highest BCUT2D eigenvalue weighted by Gasteiger charge is 2.23. The Morgan fingerprint density at radius 3 is 2.85 bits per heavy atom. The SMILES string of the molecule is CO/N=C(/C(=O)CCl)C(=O)Sc1nc2ccccc2s1. The number of oxime groups is 1. The molecule has 0 spiro atoms. The molecule has 5 nitrogen and oxygen atoms in total. The first kappa shape index (κ1) is 15.0. The normalized spacial score (nSPS) is 11.6. The van der Waals surface area contributed by atoms with Gasteiger partial charge in [-0.25, -0.2) is 4.98 Å². The van der Waals surface area contributed by atoms with Gasteiger partial charge in [0.15, 0.2) is 4.34 Å². The number of hydrogen-bond acceptors (Lipinski definition) is 7. The fourth-order valence-corrected chi connectivity index (χ4v) is 3.42. The van der Waals surface area contributed by atoms with Gasteiger partial charge in [0, 0.05) is 0 Å².